The van der Waals surface area contributed by atoms with E-state index in [1.165, 1.54) is 0 Å². The van der Waals surface area contributed by atoms with Crippen molar-refractivity contribution in [2.24, 2.45) is 0 Å². The molecule has 18 heavy (non-hydrogen) atoms. The maximum Gasteiger partial charge on any atom is 0.163 e. The molecule has 3 rings (SSSR count). The number of ether oxygens (including phenoxy) is 2. The third kappa shape index (κ3) is 2.31. The van der Waals surface area contributed by atoms with Gasteiger partial charge in [0.05, 0.1) is 16.8 Å². The molecule has 0 aromatic carbocycles. The van der Waals surface area contributed by atoms with E-state index in [0.717, 1.165) is 16.0 Å². The van der Waals surface area contributed by atoms with Crippen LogP contribution in [0.5, 0.6) is 0 Å². The maximum atomic E-state index is 5.74. The molecule has 6 heteroatoms. The molecular weight excluding hydrogens is 250 g/mol. The third-order valence-corrected chi connectivity index (χ3v) is 3.72. The van der Waals surface area contributed by atoms with Gasteiger partial charge in [-0.25, -0.2) is 9.97 Å². The molecule has 1 N–H and O–H groups in total. The number of nitrogens with one attached hydrogen (secondary N) is 1. The summed E-state index contributed by atoms with van der Waals surface area (Å²) in [5.41, 5.74) is 0.974. The fourth-order valence-corrected chi connectivity index (χ4v) is 2.80. The summed E-state index contributed by atoms with van der Waals surface area (Å²) in [6.07, 6.45) is 1.64. The zero-order valence-electron chi connectivity index (χ0n) is 10.3. The van der Waals surface area contributed by atoms with Gasteiger partial charge in [-0.2, -0.15) is 0 Å². The number of nitrogens with zero attached hydrogens (tertiary/aromatic N) is 2. The lowest BCUT2D eigenvalue weighted by Gasteiger charge is -2.17. The van der Waals surface area contributed by atoms with Crippen molar-refractivity contribution in [2.45, 2.75) is 25.7 Å². The van der Waals surface area contributed by atoms with E-state index in [0.29, 0.717) is 13.2 Å². The number of hydrogen-bond acceptors (Lipinski definition) is 6. The van der Waals surface area contributed by atoms with Crippen LogP contribution < -0.4 is 5.32 Å². The number of aromatic nitrogens is 2. The van der Waals surface area contributed by atoms with Crippen molar-refractivity contribution in [2.75, 3.05) is 18.5 Å². The summed E-state index contributed by atoms with van der Waals surface area (Å²) < 4.78 is 12.3. The normalized spacial score (nSPS) is 22.4. The van der Waals surface area contributed by atoms with Crippen molar-refractivity contribution in [3.8, 4) is 0 Å². The molecule has 2 aromatic heterocycles. The fourth-order valence-electron chi connectivity index (χ4n) is 1.99. The molecule has 1 aliphatic rings. The Morgan fingerprint density at radius 3 is 3.17 bits per heavy atom. The summed E-state index contributed by atoms with van der Waals surface area (Å²) in [5, 5.41) is 5.32. The Morgan fingerprint density at radius 2 is 2.39 bits per heavy atom. The Balaban J connectivity index is 1.69. The first-order valence-corrected chi connectivity index (χ1v) is 6.76. The van der Waals surface area contributed by atoms with Gasteiger partial charge in [0.2, 0.25) is 0 Å². The molecule has 3 heterocycles. The highest BCUT2D eigenvalue weighted by molar-refractivity contribution is 7.17. The second kappa shape index (κ2) is 4.46. The van der Waals surface area contributed by atoms with Crippen LogP contribution in [-0.4, -0.2) is 35.0 Å². The average Bonchev–Trinajstić information content (AvgIpc) is 2.92. The highest BCUT2D eigenvalue weighted by Gasteiger charge is 2.32. The van der Waals surface area contributed by atoms with Crippen molar-refractivity contribution in [1.29, 1.82) is 0 Å². The van der Waals surface area contributed by atoms with Gasteiger partial charge in [-0.3, -0.25) is 0 Å². The first-order valence-electron chi connectivity index (χ1n) is 5.88. The second-order valence-corrected chi connectivity index (χ2v) is 5.60. The van der Waals surface area contributed by atoms with E-state index in [9.17, 15) is 0 Å². The quantitative estimate of drug-likeness (QED) is 0.922. The number of hydrogen-bond donors (Lipinski definition) is 1. The van der Waals surface area contributed by atoms with Gasteiger partial charge in [0, 0.05) is 6.54 Å². The fraction of sp³-hybridized carbons (Fsp3) is 0.500. The van der Waals surface area contributed by atoms with Crippen molar-refractivity contribution in [3.05, 3.63) is 17.8 Å². The topological polar surface area (TPSA) is 56.3 Å². The van der Waals surface area contributed by atoms with Gasteiger partial charge in [0.15, 0.2) is 5.79 Å². The van der Waals surface area contributed by atoms with Crippen LogP contribution in [0.25, 0.3) is 10.2 Å². The predicted molar refractivity (Wildman–Crippen MR) is 70.8 cm³/mol. The van der Waals surface area contributed by atoms with E-state index in [-0.39, 0.29) is 6.10 Å². The van der Waals surface area contributed by atoms with E-state index >= 15 is 0 Å². The van der Waals surface area contributed by atoms with E-state index < -0.39 is 5.79 Å². The van der Waals surface area contributed by atoms with Gasteiger partial charge in [0.25, 0.3) is 0 Å². The zero-order valence-corrected chi connectivity index (χ0v) is 11.2. The first kappa shape index (κ1) is 11.8. The van der Waals surface area contributed by atoms with Crippen molar-refractivity contribution >= 4 is 27.4 Å². The molecule has 96 valence electrons. The van der Waals surface area contributed by atoms with E-state index in [1.807, 2.05) is 25.3 Å². The standard InChI is InChI=1S/C12H15N3O2S/c1-12(2)16-6-8(17-12)5-13-11-10-9(3-4-18-10)14-7-15-11/h3-4,7-8H,5-6H2,1-2H3,(H,13,14,15). The third-order valence-electron chi connectivity index (χ3n) is 2.81. The molecule has 2 aromatic rings. The maximum absolute atomic E-state index is 5.74. The van der Waals surface area contributed by atoms with Crippen molar-refractivity contribution < 1.29 is 9.47 Å². The SMILES string of the molecule is CC1(C)OCC(CNc2ncnc3ccsc23)O1. The van der Waals surface area contributed by atoms with Crippen molar-refractivity contribution in [3.63, 3.8) is 0 Å². The smallest absolute Gasteiger partial charge is 0.163 e. The van der Waals surface area contributed by atoms with Crippen LogP contribution in [0.2, 0.25) is 0 Å². The monoisotopic (exact) mass is 265 g/mol. The molecule has 0 spiro atoms. The van der Waals surface area contributed by atoms with Crippen LogP contribution in [0.1, 0.15) is 13.8 Å². The Morgan fingerprint density at radius 1 is 1.50 bits per heavy atom. The largest absolute Gasteiger partial charge is 0.366 e. The molecule has 5 nitrogen and oxygen atoms in total. The van der Waals surface area contributed by atoms with E-state index in [1.54, 1.807) is 17.7 Å². The minimum atomic E-state index is -0.476. The first-order chi connectivity index (χ1) is 8.64. The van der Waals surface area contributed by atoms with Crippen LogP contribution in [0.3, 0.4) is 0 Å². The second-order valence-electron chi connectivity index (χ2n) is 4.69. The minimum absolute atomic E-state index is 0.0602. The lowest BCUT2D eigenvalue weighted by atomic mass is 10.3. The molecule has 0 amide bonds. The Kier molecular flexibility index (Phi) is 2.93. The van der Waals surface area contributed by atoms with Crippen LogP contribution in [0.4, 0.5) is 5.82 Å². The van der Waals surface area contributed by atoms with Gasteiger partial charge in [-0.05, 0) is 25.3 Å². The molecular formula is C12H15N3O2S. The lowest BCUT2D eigenvalue weighted by molar-refractivity contribution is -0.136. The molecule has 1 aliphatic heterocycles. The van der Waals surface area contributed by atoms with Crippen LogP contribution in [0, 0.1) is 0 Å². The Bertz CT molecular complexity index is 555. The van der Waals surface area contributed by atoms with Crippen LogP contribution in [-0.2, 0) is 9.47 Å². The Hall–Kier alpha value is -1.24. The number of anilines is 1. The minimum Gasteiger partial charge on any atom is -0.366 e. The molecule has 1 fully saturated rings. The van der Waals surface area contributed by atoms with Crippen LogP contribution >= 0.6 is 11.3 Å². The molecule has 1 saturated heterocycles. The molecule has 0 bridgehead atoms. The Labute approximate surface area is 109 Å². The summed E-state index contributed by atoms with van der Waals surface area (Å²) in [6, 6.07) is 1.99. The zero-order chi connectivity index (χ0) is 12.6. The number of fused-ring (bicyclic) bond motifs is 1. The van der Waals surface area contributed by atoms with Crippen LogP contribution in [0.15, 0.2) is 17.8 Å². The van der Waals surface area contributed by atoms with Gasteiger partial charge >= 0.3 is 0 Å². The number of thiophene rings is 1. The molecule has 1 atom stereocenters. The highest BCUT2D eigenvalue weighted by Crippen LogP contribution is 2.26. The van der Waals surface area contributed by atoms with Gasteiger partial charge in [-0.15, -0.1) is 11.3 Å². The summed E-state index contributed by atoms with van der Waals surface area (Å²) in [6.45, 7) is 5.15. The molecule has 0 radical (unpaired) electrons. The number of rotatable bonds is 3. The summed E-state index contributed by atoms with van der Waals surface area (Å²) in [4.78, 5) is 8.48. The summed E-state index contributed by atoms with van der Waals surface area (Å²) in [5.74, 6) is 0.388. The predicted octanol–water partition coefficient (Wildman–Crippen LogP) is 2.25. The van der Waals surface area contributed by atoms with E-state index in [2.05, 4.69) is 15.3 Å². The average molecular weight is 265 g/mol. The van der Waals surface area contributed by atoms with Gasteiger partial charge in [0.1, 0.15) is 18.2 Å². The molecule has 0 saturated carbocycles. The summed E-state index contributed by atoms with van der Waals surface area (Å²) in [7, 11) is 0. The highest BCUT2D eigenvalue weighted by atomic mass is 32.1. The molecule has 0 aliphatic carbocycles. The molecule has 1 unspecified atom stereocenters. The lowest BCUT2D eigenvalue weighted by Crippen LogP contribution is -2.26. The van der Waals surface area contributed by atoms with E-state index in [4.69, 9.17) is 9.47 Å². The van der Waals surface area contributed by atoms with Gasteiger partial charge in [-0.1, -0.05) is 0 Å². The summed E-state index contributed by atoms with van der Waals surface area (Å²) >= 11 is 1.64. The van der Waals surface area contributed by atoms with Gasteiger partial charge < -0.3 is 14.8 Å². The van der Waals surface area contributed by atoms with Crippen molar-refractivity contribution in [1.82, 2.24) is 9.97 Å².